The molecule has 0 heterocycles. The highest BCUT2D eigenvalue weighted by Gasteiger charge is 2.14. The monoisotopic (exact) mass is 249 g/mol. The highest BCUT2D eigenvalue weighted by molar-refractivity contribution is 9.10. The average molecular weight is 250 g/mol. The summed E-state index contributed by atoms with van der Waals surface area (Å²) in [5.74, 6) is -2.09. The summed E-state index contributed by atoms with van der Waals surface area (Å²) in [7, 11) is 1.68. The molecule has 13 heavy (non-hydrogen) atoms. The maximum absolute atomic E-state index is 13.0. The summed E-state index contributed by atoms with van der Waals surface area (Å²) in [6, 6.07) is 1.46. The Balaban J connectivity index is 3.24. The first-order chi connectivity index (χ1) is 6.07. The minimum absolute atomic E-state index is 0.230. The van der Waals surface area contributed by atoms with E-state index in [9.17, 15) is 9.50 Å². The molecule has 0 aliphatic carbocycles. The number of phenolic OH excluding ortho intramolecular Hbond substituents is 2. The summed E-state index contributed by atoms with van der Waals surface area (Å²) in [6.45, 7) is 0.335. The van der Waals surface area contributed by atoms with Gasteiger partial charge in [-0.05, 0) is 29.0 Å². The first-order valence-electron chi connectivity index (χ1n) is 3.61. The molecule has 0 saturated carbocycles. The molecule has 1 rings (SSSR count). The molecule has 0 radical (unpaired) electrons. The predicted molar refractivity (Wildman–Crippen MR) is 50.2 cm³/mol. The highest BCUT2D eigenvalue weighted by atomic mass is 79.9. The van der Waals surface area contributed by atoms with Gasteiger partial charge in [0.15, 0.2) is 11.5 Å². The minimum Gasteiger partial charge on any atom is -0.504 e. The van der Waals surface area contributed by atoms with Crippen LogP contribution < -0.4 is 5.32 Å². The van der Waals surface area contributed by atoms with Gasteiger partial charge in [0.2, 0.25) is 5.82 Å². The van der Waals surface area contributed by atoms with Crippen LogP contribution in [0.15, 0.2) is 10.5 Å². The molecule has 72 valence electrons. The van der Waals surface area contributed by atoms with Gasteiger partial charge in [0, 0.05) is 12.1 Å². The van der Waals surface area contributed by atoms with E-state index in [1.807, 2.05) is 0 Å². The van der Waals surface area contributed by atoms with Gasteiger partial charge < -0.3 is 15.5 Å². The van der Waals surface area contributed by atoms with Crippen LogP contribution in [0.5, 0.6) is 11.5 Å². The molecule has 3 N–H and O–H groups in total. The van der Waals surface area contributed by atoms with E-state index in [2.05, 4.69) is 21.2 Å². The Bertz CT molecular complexity index is 330. The van der Waals surface area contributed by atoms with Gasteiger partial charge in [-0.15, -0.1) is 0 Å². The Morgan fingerprint density at radius 1 is 1.46 bits per heavy atom. The summed E-state index contributed by atoms with van der Waals surface area (Å²) in [4.78, 5) is 0. The van der Waals surface area contributed by atoms with Gasteiger partial charge in [-0.25, -0.2) is 0 Å². The van der Waals surface area contributed by atoms with Crippen LogP contribution in [0.3, 0.4) is 0 Å². The molecule has 0 fully saturated rings. The fourth-order valence-electron chi connectivity index (χ4n) is 0.973. The zero-order chi connectivity index (χ0) is 10.0. The summed E-state index contributed by atoms with van der Waals surface area (Å²) in [6.07, 6.45) is 0. The Morgan fingerprint density at radius 2 is 2.08 bits per heavy atom. The largest absolute Gasteiger partial charge is 0.504 e. The maximum Gasteiger partial charge on any atom is 0.207 e. The van der Waals surface area contributed by atoms with Crippen molar-refractivity contribution in [2.24, 2.45) is 0 Å². The van der Waals surface area contributed by atoms with Crippen LogP contribution in [-0.4, -0.2) is 17.3 Å². The number of aromatic hydroxyl groups is 2. The van der Waals surface area contributed by atoms with Crippen molar-refractivity contribution in [1.29, 1.82) is 0 Å². The van der Waals surface area contributed by atoms with Gasteiger partial charge >= 0.3 is 0 Å². The molecule has 0 aliphatic rings. The third-order valence-corrected chi connectivity index (χ3v) is 2.22. The lowest BCUT2D eigenvalue weighted by Crippen LogP contribution is -2.05. The molecular weight excluding hydrogens is 241 g/mol. The van der Waals surface area contributed by atoms with Crippen molar-refractivity contribution in [3.63, 3.8) is 0 Å². The van der Waals surface area contributed by atoms with Gasteiger partial charge in [0.1, 0.15) is 0 Å². The lowest BCUT2D eigenvalue weighted by Gasteiger charge is -2.07. The molecule has 5 heteroatoms. The number of hydrogen-bond donors (Lipinski definition) is 3. The first-order valence-corrected chi connectivity index (χ1v) is 4.40. The number of hydrogen-bond acceptors (Lipinski definition) is 3. The van der Waals surface area contributed by atoms with Crippen LogP contribution in [0.1, 0.15) is 5.56 Å². The average Bonchev–Trinajstić information content (AvgIpc) is 2.11. The molecule has 0 bridgehead atoms. The van der Waals surface area contributed by atoms with E-state index in [0.29, 0.717) is 12.1 Å². The first kappa shape index (κ1) is 10.3. The predicted octanol–water partition coefficient (Wildman–Crippen LogP) is 1.72. The van der Waals surface area contributed by atoms with Crippen LogP contribution in [0.25, 0.3) is 0 Å². The number of halogens is 2. The van der Waals surface area contributed by atoms with Crippen LogP contribution in [0, 0.1) is 5.82 Å². The Kier molecular flexibility index (Phi) is 3.11. The van der Waals surface area contributed by atoms with Gasteiger partial charge in [-0.3, -0.25) is 0 Å². The number of rotatable bonds is 2. The normalized spacial score (nSPS) is 10.4. The van der Waals surface area contributed by atoms with E-state index in [1.54, 1.807) is 7.05 Å². The van der Waals surface area contributed by atoms with Crippen LogP contribution in [0.2, 0.25) is 0 Å². The zero-order valence-electron chi connectivity index (χ0n) is 6.93. The molecule has 3 nitrogen and oxygen atoms in total. The SMILES string of the molecule is CNCc1cc(Br)c(O)c(F)c1O. The van der Waals surface area contributed by atoms with Crippen molar-refractivity contribution in [1.82, 2.24) is 5.32 Å². The zero-order valence-corrected chi connectivity index (χ0v) is 8.52. The van der Waals surface area contributed by atoms with E-state index in [4.69, 9.17) is 5.11 Å². The number of phenols is 2. The molecule has 0 spiro atoms. The van der Waals surface area contributed by atoms with Crippen molar-refractivity contribution >= 4 is 15.9 Å². The second kappa shape index (κ2) is 3.93. The van der Waals surface area contributed by atoms with Gasteiger partial charge in [0.05, 0.1) is 4.47 Å². The lowest BCUT2D eigenvalue weighted by molar-refractivity contribution is 0.382. The maximum atomic E-state index is 13.0. The fraction of sp³-hybridized carbons (Fsp3) is 0.250. The number of nitrogens with one attached hydrogen (secondary N) is 1. The standard InChI is InChI=1S/C8H9BrFNO2/c1-11-3-4-2-5(9)8(13)6(10)7(4)12/h2,11-13H,3H2,1H3. The van der Waals surface area contributed by atoms with Crippen molar-refractivity contribution in [2.75, 3.05) is 7.05 Å². The smallest absolute Gasteiger partial charge is 0.207 e. The Hall–Kier alpha value is -0.810. The van der Waals surface area contributed by atoms with E-state index in [1.165, 1.54) is 6.07 Å². The molecule has 0 aliphatic heterocycles. The van der Waals surface area contributed by atoms with E-state index in [0.717, 1.165) is 0 Å². The van der Waals surface area contributed by atoms with Crippen LogP contribution in [-0.2, 0) is 6.54 Å². The lowest BCUT2D eigenvalue weighted by atomic mass is 10.2. The third kappa shape index (κ3) is 1.92. The molecular formula is C8H9BrFNO2. The minimum atomic E-state index is -1.00. The third-order valence-electron chi connectivity index (χ3n) is 1.61. The van der Waals surface area contributed by atoms with Crippen LogP contribution >= 0.6 is 15.9 Å². The van der Waals surface area contributed by atoms with E-state index >= 15 is 0 Å². The molecule has 1 aromatic rings. The quantitative estimate of drug-likeness (QED) is 0.749. The molecule has 0 saturated heterocycles. The fourth-order valence-corrected chi connectivity index (χ4v) is 1.42. The molecule has 1 aromatic carbocycles. The summed E-state index contributed by atoms with van der Waals surface area (Å²) in [5, 5.41) is 21.1. The van der Waals surface area contributed by atoms with E-state index in [-0.39, 0.29) is 4.47 Å². The highest BCUT2D eigenvalue weighted by Crippen LogP contribution is 2.35. The summed E-state index contributed by atoms with van der Waals surface area (Å²) >= 11 is 2.97. The number of benzene rings is 1. The van der Waals surface area contributed by atoms with Gasteiger partial charge in [-0.2, -0.15) is 4.39 Å². The van der Waals surface area contributed by atoms with Crippen molar-refractivity contribution < 1.29 is 14.6 Å². The molecule has 0 unspecified atom stereocenters. The van der Waals surface area contributed by atoms with Crippen molar-refractivity contribution in [2.45, 2.75) is 6.54 Å². The van der Waals surface area contributed by atoms with Gasteiger partial charge in [0.25, 0.3) is 0 Å². The Morgan fingerprint density at radius 3 is 2.62 bits per heavy atom. The summed E-state index contributed by atoms with van der Waals surface area (Å²) < 4.78 is 13.2. The van der Waals surface area contributed by atoms with Crippen LogP contribution in [0.4, 0.5) is 4.39 Å². The molecule has 0 atom stereocenters. The van der Waals surface area contributed by atoms with Gasteiger partial charge in [-0.1, -0.05) is 0 Å². The second-order valence-corrected chi connectivity index (χ2v) is 3.41. The van der Waals surface area contributed by atoms with Crippen molar-refractivity contribution in [3.05, 3.63) is 21.9 Å². The Labute approximate surface area is 83.3 Å². The molecule has 0 amide bonds. The van der Waals surface area contributed by atoms with E-state index < -0.39 is 17.3 Å². The second-order valence-electron chi connectivity index (χ2n) is 2.56. The topological polar surface area (TPSA) is 52.5 Å². The summed E-state index contributed by atoms with van der Waals surface area (Å²) in [5.41, 5.74) is 0.393. The molecule has 0 aromatic heterocycles. The van der Waals surface area contributed by atoms with Crippen molar-refractivity contribution in [3.8, 4) is 11.5 Å².